The molecule has 5 nitrogen and oxygen atoms in total. The van der Waals surface area contributed by atoms with Crippen LogP contribution in [-0.2, 0) is 4.79 Å². The summed E-state index contributed by atoms with van der Waals surface area (Å²) in [6, 6.07) is 9.49. The SMILES string of the molecule is CC(C)(C)CC(NC(=O)C1CCN(C(=O)c2ccco2)CC1)c1ccc(F)cc1. The van der Waals surface area contributed by atoms with E-state index in [2.05, 4.69) is 26.1 Å². The molecule has 0 spiro atoms. The Labute approximate surface area is 171 Å². The minimum Gasteiger partial charge on any atom is -0.459 e. The minimum atomic E-state index is -0.289. The molecule has 1 aliphatic heterocycles. The van der Waals surface area contributed by atoms with Crippen LogP contribution in [0.2, 0.25) is 0 Å². The summed E-state index contributed by atoms with van der Waals surface area (Å²) in [4.78, 5) is 27.0. The van der Waals surface area contributed by atoms with Gasteiger partial charge >= 0.3 is 0 Å². The van der Waals surface area contributed by atoms with Crippen LogP contribution in [0.15, 0.2) is 47.1 Å². The fourth-order valence-electron chi connectivity index (χ4n) is 3.75. The van der Waals surface area contributed by atoms with E-state index in [9.17, 15) is 14.0 Å². The Balaban J connectivity index is 1.61. The second-order valence-corrected chi connectivity index (χ2v) is 8.92. The molecular formula is C23H29FN2O3. The smallest absolute Gasteiger partial charge is 0.289 e. The highest BCUT2D eigenvalue weighted by atomic mass is 19.1. The number of likely N-dealkylation sites (tertiary alicyclic amines) is 1. The molecule has 1 N–H and O–H groups in total. The molecule has 0 radical (unpaired) electrons. The van der Waals surface area contributed by atoms with Gasteiger partial charge in [-0.05, 0) is 54.5 Å². The zero-order valence-electron chi connectivity index (χ0n) is 17.3. The third kappa shape index (κ3) is 5.68. The van der Waals surface area contributed by atoms with Gasteiger partial charge in [-0.15, -0.1) is 0 Å². The maximum absolute atomic E-state index is 13.3. The first-order valence-electron chi connectivity index (χ1n) is 10.1. The van der Waals surface area contributed by atoms with E-state index >= 15 is 0 Å². The van der Waals surface area contributed by atoms with Gasteiger partial charge in [-0.1, -0.05) is 32.9 Å². The second kappa shape index (κ2) is 8.80. The van der Waals surface area contributed by atoms with E-state index in [0.717, 1.165) is 12.0 Å². The lowest BCUT2D eigenvalue weighted by molar-refractivity contribution is -0.127. The van der Waals surface area contributed by atoms with Gasteiger partial charge < -0.3 is 14.6 Å². The summed E-state index contributed by atoms with van der Waals surface area (Å²) in [5, 5.41) is 3.17. The van der Waals surface area contributed by atoms with E-state index in [1.165, 1.54) is 18.4 Å². The first-order chi connectivity index (χ1) is 13.7. The van der Waals surface area contributed by atoms with Gasteiger partial charge in [0.1, 0.15) is 5.82 Å². The van der Waals surface area contributed by atoms with Crippen molar-refractivity contribution in [2.45, 2.75) is 46.1 Å². The lowest BCUT2D eigenvalue weighted by atomic mass is 9.85. The number of rotatable bonds is 5. The highest BCUT2D eigenvalue weighted by molar-refractivity contribution is 5.91. The standard InChI is InChI=1S/C23H29FN2O3/c1-23(2,3)15-19(16-6-8-18(24)9-7-16)25-21(27)17-10-12-26(13-11-17)22(28)20-5-4-14-29-20/h4-9,14,17,19H,10-13,15H2,1-3H3,(H,25,27). The molecule has 1 unspecified atom stereocenters. The number of hydrogen-bond acceptors (Lipinski definition) is 3. The molecule has 1 aromatic carbocycles. The Morgan fingerprint density at radius 3 is 2.38 bits per heavy atom. The summed E-state index contributed by atoms with van der Waals surface area (Å²) in [7, 11) is 0. The number of carbonyl (C=O) groups excluding carboxylic acids is 2. The van der Waals surface area contributed by atoms with Crippen LogP contribution in [0.4, 0.5) is 4.39 Å². The Hall–Kier alpha value is -2.63. The van der Waals surface area contributed by atoms with Crippen molar-refractivity contribution in [3.63, 3.8) is 0 Å². The van der Waals surface area contributed by atoms with Gasteiger partial charge in [0.05, 0.1) is 12.3 Å². The van der Waals surface area contributed by atoms with Gasteiger partial charge in [0, 0.05) is 19.0 Å². The summed E-state index contributed by atoms with van der Waals surface area (Å²) in [6.07, 6.45) is 3.46. The highest BCUT2D eigenvalue weighted by Gasteiger charge is 2.31. The predicted octanol–water partition coefficient (Wildman–Crippen LogP) is 4.56. The zero-order chi connectivity index (χ0) is 21.0. The normalized spacial score (nSPS) is 16.5. The topological polar surface area (TPSA) is 62.6 Å². The molecular weight excluding hydrogens is 371 g/mol. The largest absolute Gasteiger partial charge is 0.459 e. The van der Waals surface area contributed by atoms with Gasteiger partial charge in [0.25, 0.3) is 5.91 Å². The average molecular weight is 400 g/mol. The lowest BCUT2D eigenvalue weighted by Gasteiger charge is -2.33. The Kier molecular flexibility index (Phi) is 6.40. The van der Waals surface area contributed by atoms with E-state index in [4.69, 9.17) is 4.42 Å². The molecule has 29 heavy (non-hydrogen) atoms. The molecule has 1 saturated heterocycles. The molecule has 156 valence electrons. The van der Waals surface area contributed by atoms with Gasteiger partial charge in [0.2, 0.25) is 5.91 Å². The number of benzene rings is 1. The van der Waals surface area contributed by atoms with Gasteiger partial charge in [-0.25, -0.2) is 4.39 Å². The summed E-state index contributed by atoms with van der Waals surface area (Å²) >= 11 is 0. The van der Waals surface area contributed by atoms with E-state index in [1.54, 1.807) is 29.2 Å². The Morgan fingerprint density at radius 2 is 1.83 bits per heavy atom. The summed E-state index contributed by atoms with van der Waals surface area (Å²) in [6.45, 7) is 7.41. The van der Waals surface area contributed by atoms with Crippen molar-refractivity contribution in [2.24, 2.45) is 11.3 Å². The minimum absolute atomic E-state index is 0.00512. The molecule has 0 aliphatic carbocycles. The van der Waals surface area contributed by atoms with Crippen molar-refractivity contribution in [3.8, 4) is 0 Å². The fourth-order valence-corrected chi connectivity index (χ4v) is 3.75. The first-order valence-corrected chi connectivity index (χ1v) is 10.1. The predicted molar refractivity (Wildman–Crippen MR) is 109 cm³/mol. The Bertz CT molecular complexity index is 817. The maximum atomic E-state index is 13.3. The van der Waals surface area contributed by atoms with Crippen molar-refractivity contribution in [1.29, 1.82) is 0 Å². The molecule has 3 rings (SSSR count). The fraction of sp³-hybridized carbons (Fsp3) is 0.478. The molecule has 2 aromatic rings. The van der Waals surface area contributed by atoms with Crippen LogP contribution in [0.1, 0.15) is 62.2 Å². The van der Waals surface area contributed by atoms with Crippen LogP contribution < -0.4 is 5.32 Å². The monoisotopic (exact) mass is 400 g/mol. The van der Waals surface area contributed by atoms with Crippen LogP contribution in [0.5, 0.6) is 0 Å². The molecule has 1 fully saturated rings. The summed E-state index contributed by atoms with van der Waals surface area (Å²) in [5.74, 6) is -0.240. The van der Waals surface area contributed by atoms with E-state index in [1.807, 2.05) is 0 Å². The van der Waals surface area contributed by atoms with E-state index in [-0.39, 0.29) is 35.0 Å². The third-order valence-electron chi connectivity index (χ3n) is 5.29. The van der Waals surface area contributed by atoms with Crippen LogP contribution in [0.25, 0.3) is 0 Å². The zero-order valence-corrected chi connectivity index (χ0v) is 17.3. The molecule has 2 amide bonds. The number of nitrogens with zero attached hydrogens (tertiary/aromatic N) is 1. The molecule has 1 aliphatic rings. The highest BCUT2D eigenvalue weighted by Crippen LogP contribution is 2.30. The van der Waals surface area contributed by atoms with Gasteiger partial charge in [-0.2, -0.15) is 0 Å². The lowest BCUT2D eigenvalue weighted by Crippen LogP contribution is -2.44. The van der Waals surface area contributed by atoms with Gasteiger partial charge in [0.15, 0.2) is 5.76 Å². The van der Waals surface area contributed by atoms with Crippen molar-refractivity contribution < 1.29 is 18.4 Å². The number of amides is 2. The Morgan fingerprint density at radius 1 is 1.17 bits per heavy atom. The average Bonchev–Trinajstić information content (AvgIpc) is 3.21. The number of furan rings is 1. The van der Waals surface area contributed by atoms with Crippen LogP contribution in [0.3, 0.4) is 0 Å². The molecule has 1 atom stereocenters. The number of piperidine rings is 1. The molecule has 1 aromatic heterocycles. The maximum Gasteiger partial charge on any atom is 0.289 e. The third-order valence-corrected chi connectivity index (χ3v) is 5.29. The molecule has 2 heterocycles. The van der Waals surface area contributed by atoms with Crippen molar-refractivity contribution >= 4 is 11.8 Å². The van der Waals surface area contributed by atoms with Crippen LogP contribution in [-0.4, -0.2) is 29.8 Å². The molecule has 0 bridgehead atoms. The first kappa shape index (κ1) is 21.1. The molecule has 6 heteroatoms. The van der Waals surface area contributed by atoms with Gasteiger partial charge in [-0.3, -0.25) is 9.59 Å². The van der Waals surface area contributed by atoms with Crippen LogP contribution >= 0.6 is 0 Å². The quantitative estimate of drug-likeness (QED) is 0.800. The number of nitrogens with one attached hydrogen (secondary N) is 1. The number of hydrogen-bond donors (Lipinski definition) is 1. The number of halogens is 1. The second-order valence-electron chi connectivity index (χ2n) is 8.92. The van der Waals surface area contributed by atoms with Crippen molar-refractivity contribution in [3.05, 3.63) is 59.8 Å². The van der Waals surface area contributed by atoms with E-state index in [0.29, 0.717) is 31.7 Å². The van der Waals surface area contributed by atoms with Crippen LogP contribution in [0, 0.1) is 17.2 Å². The van der Waals surface area contributed by atoms with E-state index < -0.39 is 0 Å². The summed E-state index contributed by atoms with van der Waals surface area (Å²) < 4.78 is 18.5. The van der Waals surface area contributed by atoms with Crippen molar-refractivity contribution in [1.82, 2.24) is 10.2 Å². The number of carbonyl (C=O) groups is 2. The summed E-state index contributed by atoms with van der Waals surface area (Å²) in [5.41, 5.74) is 0.908. The molecule has 0 saturated carbocycles. The van der Waals surface area contributed by atoms with Crippen molar-refractivity contribution in [2.75, 3.05) is 13.1 Å².